The molecule has 3 atom stereocenters. The molecule has 1 aromatic carbocycles. The number of fused-ring (bicyclic) bond motifs is 1. The maximum absolute atomic E-state index is 13.5. The van der Waals surface area contributed by atoms with Gasteiger partial charge in [0.2, 0.25) is 11.8 Å². The molecule has 1 saturated carbocycles. The van der Waals surface area contributed by atoms with Crippen LogP contribution in [0.5, 0.6) is 5.75 Å². The average Bonchev–Trinajstić information content (AvgIpc) is 3.29. The van der Waals surface area contributed by atoms with E-state index in [9.17, 15) is 19.5 Å². The van der Waals surface area contributed by atoms with Gasteiger partial charge in [-0.25, -0.2) is 4.79 Å². The van der Waals surface area contributed by atoms with Crippen molar-refractivity contribution in [3.8, 4) is 5.75 Å². The zero-order valence-corrected chi connectivity index (χ0v) is 24.7. The summed E-state index contributed by atoms with van der Waals surface area (Å²) < 4.78 is 11.7. The molecule has 0 saturated heterocycles. The van der Waals surface area contributed by atoms with Crippen LogP contribution in [0.4, 0.5) is 16.2 Å². The molecule has 4 amide bonds. The molecular weight excluding hydrogens is 526 g/mol. The number of hydrogen-bond donors (Lipinski definition) is 3. The molecule has 0 unspecified atom stereocenters. The third-order valence-electron chi connectivity index (χ3n) is 8.23. The number of aliphatic hydroxyl groups excluding tert-OH is 1. The summed E-state index contributed by atoms with van der Waals surface area (Å²) in [5.74, 6) is 0.758. The average molecular weight is 570 g/mol. The van der Waals surface area contributed by atoms with Gasteiger partial charge < -0.3 is 34.8 Å². The Morgan fingerprint density at radius 1 is 1.20 bits per heavy atom. The lowest BCUT2D eigenvalue weighted by Gasteiger charge is -2.34. The minimum Gasteiger partial charge on any atom is -0.488 e. The zero-order valence-electron chi connectivity index (χ0n) is 24.7. The van der Waals surface area contributed by atoms with Gasteiger partial charge in [-0.2, -0.15) is 0 Å². The number of amides is 4. The lowest BCUT2D eigenvalue weighted by molar-refractivity contribution is -0.134. The summed E-state index contributed by atoms with van der Waals surface area (Å²) in [5.41, 5.74) is 2.39. The maximum atomic E-state index is 13.5. The number of carbonyl (C=O) groups is 3. The van der Waals surface area contributed by atoms with Crippen LogP contribution < -0.4 is 15.4 Å². The third-order valence-corrected chi connectivity index (χ3v) is 8.23. The summed E-state index contributed by atoms with van der Waals surface area (Å²) in [6.07, 6.45) is 4.68. The van der Waals surface area contributed by atoms with Crippen molar-refractivity contribution in [1.29, 1.82) is 0 Å². The van der Waals surface area contributed by atoms with Gasteiger partial charge in [0.15, 0.2) is 5.76 Å². The number of nitrogens with one attached hydrogen (secondary N) is 2. The molecule has 1 aliphatic carbocycles. The predicted octanol–water partition coefficient (Wildman–Crippen LogP) is 4.12. The monoisotopic (exact) mass is 569 g/mol. The number of urea groups is 1. The number of hydrogen-bond acceptors (Lipinski definition) is 7. The Kier molecular flexibility index (Phi) is 9.90. The van der Waals surface area contributed by atoms with Crippen LogP contribution in [-0.2, 0) is 16.0 Å². The van der Waals surface area contributed by atoms with Crippen molar-refractivity contribution in [2.75, 3.05) is 37.4 Å². The first kappa shape index (κ1) is 30.4. The molecular formula is C30H43N5O6. The molecule has 2 aliphatic rings. The number of carbonyl (C=O) groups excluding carboxylic acids is 3. The summed E-state index contributed by atoms with van der Waals surface area (Å²) in [7, 11) is 1.68. The fourth-order valence-electron chi connectivity index (χ4n) is 5.55. The fraction of sp³-hybridized carbons (Fsp3) is 0.600. The number of aliphatic hydroxyl groups is 1. The van der Waals surface area contributed by atoms with E-state index in [1.165, 1.54) is 11.3 Å². The van der Waals surface area contributed by atoms with E-state index >= 15 is 0 Å². The van der Waals surface area contributed by atoms with Crippen molar-refractivity contribution in [2.45, 2.75) is 78.4 Å². The van der Waals surface area contributed by atoms with Gasteiger partial charge in [0, 0.05) is 36.7 Å². The van der Waals surface area contributed by atoms with Crippen LogP contribution in [0.25, 0.3) is 0 Å². The van der Waals surface area contributed by atoms with Gasteiger partial charge >= 0.3 is 6.03 Å². The highest BCUT2D eigenvalue weighted by Crippen LogP contribution is 2.31. The largest absolute Gasteiger partial charge is 0.488 e. The van der Waals surface area contributed by atoms with Gasteiger partial charge in [-0.1, -0.05) is 31.3 Å². The quantitative estimate of drug-likeness (QED) is 0.456. The summed E-state index contributed by atoms with van der Waals surface area (Å²) >= 11 is 0. The van der Waals surface area contributed by atoms with Gasteiger partial charge in [-0.3, -0.25) is 9.59 Å². The highest BCUT2D eigenvalue weighted by molar-refractivity contribution is 5.93. The van der Waals surface area contributed by atoms with Crippen LogP contribution in [0, 0.1) is 25.7 Å². The second-order valence-corrected chi connectivity index (χ2v) is 11.5. The minimum atomic E-state index is -0.462. The molecule has 0 bridgehead atoms. The van der Waals surface area contributed by atoms with Crippen molar-refractivity contribution in [3.05, 3.63) is 35.2 Å². The SMILES string of the molecule is Cc1noc(C)c1NC(=O)N(C)C[C@@H]1Oc2ccc(NC(=O)C3CCCCC3)cc2CC(=O)N([C@H](C)CO)C[C@H]1C. The highest BCUT2D eigenvalue weighted by Gasteiger charge is 2.32. The maximum Gasteiger partial charge on any atom is 0.321 e. The van der Waals surface area contributed by atoms with E-state index < -0.39 is 6.10 Å². The van der Waals surface area contributed by atoms with E-state index in [0.29, 0.717) is 40.7 Å². The molecule has 1 aromatic heterocycles. The second kappa shape index (κ2) is 13.4. The number of aromatic nitrogens is 1. The second-order valence-electron chi connectivity index (χ2n) is 11.5. The number of rotatable bonds is 7. The molecule has 0 radical (unpaired) electrons. The van der Waals surface area contributed by atoms with Crippen LogP contribution >= 0.6 is 0 Å². The molecule has 11 nitrogen and oxygen atoms in total. The molecule has 1 fully saturated rings. The number of anilines is 2. The molecule has 0 spiro atoms. The van der Waals surface area contributed by atoms with Crippen LogP contribution in [0.3, 0.4) is 0 Å². The Balaban J connectivity index is 1.57. The van der Waals surface area contributed by atoms with Crippen molar-refractivity contribution in [3.63, 3.8) is 0 Å². The number of benzene rings is 1. The van der Waals surface area contributed by atoms with Gasteiger partial charge in [0.05, 0.1) is 25.6 Å². The summed E-state index contributed by atoms with van der Waals surface area (Å²) in [5, 5.41) is 19.7. The van der Waals surface area contributed by atoms with Gasteiger partial charge in [-0.05, 0) is 51.8 Å². The smallest absolute Gasteiger partial charge is 0.321 e. The van der Waals surface area contributed by atoms with Crippen molar-refractivity contribution in [2.24, 2.45) is 11.8 Å². The summed E-state index contributed by atoms with van der Waals surface area (Å²) in [4.78, 5) is 42.6. The Hall–Kier alpha value is -3.60. The zero-order chi connectivity index (χ0) is 29.7. The Labute approximate surface area is 241 Å². The van der Waals surface area contributed by atoms with Crippen LogP contribution in [-0.4, -0.2) is 76.8 Å². The molecule has 11 heteroatoms. The summed E-state index contributed by atoms with van der Waals surface area (Å²) in [6.45, 7) is 7.69. The molecule has 1 aliphatic heterocycles. The van der Waals surface area contributed by atoms with Crippen LogP contribution in [0.2, 0.25) is 0 Å². The van der Waals surface area contributed by atoms with E-state index in [0.717, 1.165) is 25.7 Å². The molecule has 3 N–H and O–H groups in total. The topological polar surface area (TPSA) is 137 Å². The van der Waals surface area contributed by atoms with E-state index in [1.807, 2.05) is 13.8 Å². The van der Waals surface area contributed by atoms with E-state index in [1.54, 1.807) is 44.0 Å². The van der Waals surface area contributed by atoms with Crippen molar-refractivity contribution >= 4 is 29.2 Å². The molecule has 2 aromatic rings. The fourth-order valence-corrected chi connectivity index (χ4v) is 5.55. The van der Waals surface area contributed by atoms with E-state index in [4.69, 9.17) is 9.26 Å². The Bertz CT molecular complexity index is 1220. The highest BCUT2D eigenvalue weighted by atomic mass is 16.5. The lowest BCUT2D eigenvalue weighted by atomic mass is 9.88. The van der Waals surface area contributed by atoms with Gasteiger partial charge in [-0.15, -0.1) is 0 Å². The van der Waals surface area contributed by atoms with Crippen LogP contribution in [0.1, 0.15) is 63.0 Å². The normalized spacial score (nSPS) is 20.6. The van der Waals surface area contributed by atoms with E-state index in [2.05, 4.69) is 15.8 Å². The van der Waals surface area contributed by atoms with Crippen molar-refractivity contribution < 1.29 is 28.8 Å². The Morgan fingerprint density at radius 3 is 2.59 bits per heavy atom. The number of ether oxygens (including phenoxy) is 1. The predicted molar refractivity (Wildman–Crippen MR) is 155 cm³/mol. The first-order valence-corrected chi connectivity index (χ1v) is 14.5. The molecule has 41 heavy (non-hydrogen) atoms. The van der Waals surface area contributed by atoms with Crippen molar-refractivity contribution in [1.82, 2.24) is 15.0 Å². The molecule has 2 heterocycles. The minimum absolute atomic E-state index is 0.00468. The lowest BCUT2D eigenvalue weighted by Crippen LogP contribution is -2.48. The molecule has 4 rings (SSSR count). The van der Waals surface area contributed by atoms with Crippen LogP contribution in [0.15, 0.2) is 22.7 Å². The standard InChI is InChI=1S/C30H43N5O6/c1-18-15-35(19(2)17-36)27(37)14-23-13-24(31-29(38)22-9-7-6-8-10-22)11-12-25(23)40-26(18)16-34(5)30(39)32-28-20(3)33-41-21(28)4/h11-13,18-19,22,26,36H,6-10,14-17H2,1-5H3,(H,31,38)(H,32,39)/t18-,19-,26+/m1/s1. The first-order valence-electron chi connectivity index (χ1n) is 14.5. The number of nitrogens with zero attached hydrogens (tertiary/aromatic N) is 3. The first-order chi connectivity index (χ1) is 19.6. The van der Waals surface area contributed by atoms with E-state index in [-0.39, 0.29) is 55.3 Å². The summed E-state index contributed by atoms with van der Waals surface area (Å²) in [6, 6.07) is 4.66. The molecule has 224 valence electrons. The number of aryl methyl sites for hydroxylation is 2. The third kappa shape index (κ3) is 7.38. The van der Waals surface area contributed by atoms with Gasteiger partial charge in [0.25, 0.3) is 0 Å². The Morgan fingerprint density at radius 2 is 1.93 bits per heavy atom. The number of likely N-dealkylation sites (N-methyl/N-ethyl adjacent to an activating group) is 1. The van der Waals surface area contributed by atoms with Gasteiger partial charge in [0.1, 0.15) is 23.2 Å².